The number of rotatable bonds is 34. The van der Waals surface area contributed by atoms with Crippen LogP contribution in [0.25, 0.3) is 0 Å². The molecule has 46 nitrogen and oxygen atoms in total. The quantitative estimate of drug-likeness (QED) is 0.00944. The Kier molecular flexibility index (Phi) is 36.9. The highest BCUT2D eigenvalue weighted by Gasteiger charge is 2.74. The monoisotopic (exact) mass is 2070 g/mol. The molecule has 8 aliphatic heterocycles. The van der Waals surface area contributed by atoms with Crippen LogP contribution in [0.4, 0.5) is 0 Å². The van der Waals surface area contributed by atoms with Gasteiger partial charge in [-0.05, 0) is 152 Å². The Bertz CT molecular complexity index is 4470. The number of carbonyl (C=O) groups excluding carboxylic acids is 4. The summed E-state index contributed by atoms with van der Waals surface area (Å²) in [6.07, 6.45) is -59.4. The molecule has 8 saturated heterocycles. The van der Waals surface area contributed by atoms with Gasteiger partial charge in [0.05, 0.1) is 86.9 Å². The number of amides is 1. The van der Waals surface area contributed by atoms with Gasteiger partial charge in [-0.15, -0.1) is 13.2 Å². The van der Waals surface area contributed by atoms with Crippen LogP contribution in [0, 0.1) is 50.2 Å². The van der Waals surface area contributed by atoms with Gasteiger partial charge in [0.15, 0.2) is 56.2 Å². The summed E-state index contributed by atoms with van der Waals surface area (Å²) in [5.41, 5.74) is -8.61. The Hall–Kier alpha value is -4.94. The number of aliphatic hydroxyl groups is 23. The lowest BCUT2D eigenvalue weighted by Gasteiger charge is -2.72. The molecule has 0 bridgehead atoms. The molecule has 50 atom stereocenters. The van der Waals surface area contributed by atoms with Crippen molar-refractivity contribution in [3.63, 3.8) is 0 Å². The molecule has 0 aromatic heterocycles. The smallest absolute Gasteiger partial charge is 0.336 e. The van der Waals surface area contributed by atoms with Crippen LogP contribution in [0.3, 0.4) is 0 Å². The van der Waals surface area contributed by atoms with Gasteiger partial charge in [0.1, 0.15) is 164 Å². The maximum atomic E-state index is 16.9. The molecule has 0 aromatic rings. The van der Waals surface area contributed by atoms with Crippen molar-refractivity contribution in [2.24, 2.45) is 50.2 Å². The summed E-state index contributed by atoms with van der Waals surface area (Å²) >= 11 is 0. The van der Waals surface area contributed by atoms with E-state index in [1.165, 1.54) is 52.8 Å². The number of hydrogen-bond acceptors (Lipinski definition) is 45. The average Bonchev–Trinajstić information content (AvgIpc) is 0.691. The van der Waals surface area contributed by atoms with E-state index in [-0.39, 0.29) is 61.5 Å². The Labute approximate surface area is 834 Å². The van der Waals surface area contributed by atoms with Crippen molar-refractivity contribution in [1.82, 2.24) is 5.32 Å². The highest BCUT2D eigenvalue weighted by molar-refractivity contribution is 5.89. The zero-order chi connectivity index (χ0) is 106. The van der Waals surface area contributed by atoms with Crippen molar-refractivity contribution >= 4 is 23.8 Å². The third kappa shape index (κ3) is 22.6. The zero-order valence-electron chi connectivity index (χ0n) is 83.7. The third-order valence-electron chi connectivity index (χ3n) is 33.9. The predicted octanol–water partition coefficient (Wildman–Crippen LogP) is -4.89. The number of fused-ring (bicyclic) bond motifs is 7. The fourth-order valence-electron chi connectivity index (χ4n) is 24.6. The molecule has 8 heterocycles. The number of esters is 3. The van der Waals surface area contributed by atoms with E-state index in [1.54, 1.807) is 33.8 Å². The summed E-state index contributed by atoms with van der Waals surface area (Å²) in [7, 11) is 0. The molecule has 46 heteroatoms. The zero-order valence-corrected chi connectivity index (χ0v) is 83.7. The SMILES string of the molecule is C=C[C@@](C)(O)CC/C=C(\C)C(=O)O[C@@H]1[C@@H](O)[C@H](O)[C@H](O[C@](C)(C=C)CC/C=C(\CO)C(=O)O[C@H]2C[C@]3(C(=O)O[C@@H]4O[C@H](CO)[C@@H](O)[C@H](O)[C@H]4O[C@@H]4O[C@@H](C)[C@H](O[C@@H]5O[C@@H](CO)[C@H](O)[C@H]5O)[C@@H](O[C@H]5O[C@@H](CO)[C@H](O)[C@@H](O)[C@@H]5O)[C@H]4O)[C@H](O)C[C@]4(C)C(=CC[C@@H]5[C@@]6(C)CC[C@H](O[C@@H]7O[C@H](CO[C@@H]8O[C@H](C)[C@H](O)[C@H](O)[C@H]8O[C@@H]8OC[C@@H](O)[C@H](O)[C@H]8O)[C@@H](O)[C@H](O)[C@H]7NC(C)=O)C(C)(C)[C@@H]6CC[C@]54C)[C@@H]3CC2(C)C)O[C@H]1C. The second-order valence-electron chi connectivity index (χ2n) is 44.1. The van der Waals surface area contributed by atoms with Gasteiger partial charge in [-0.2, -0.15) is 0 Å². The molecule has 5 aliphatic carbocycles. The maximum Gasteiger partial charge on any atom is 0.336 e. The lowest BCUT2D eigenvalue weighted by molar-refractivity contribution is -0.390. The fraction of sp³-hybridized carbons (Fsp3) is 0.857. The molecule has 0 radical (unpaired) electrons. The first-order valence-corrected chi connectivity index (χ1v) is 49.8. The largest absolute Gasteiger partial charge is 0.458 e. The van der Waals surface area contributed by atoms with Gasteiger partial charge in [-0.25, -0.2) is 9.59 Å². The minimum atomic E-state index is -2.29. The van der Waals surface area contributed by atoms with Gasteiger partial charge in [-0.3, -0.25) is 9.59 Å². The van der Waals surface area contributed by atoms with Gasteiger partial charge in [0.25, 0.3) is 0 Å². The van der Waals surface area contributed by atoms with Gasteiger partial charge in [0, 0.05) is 24.3 Å². The van der Waals surface area contributed by atoms with Gasteiger partial charge in [0.2, 0.25) is 12.2 Å². The van der Waals surface area contributed by atoms with Gasteiger partial charge < -0.3 is 208 Å². The van der Waals surface area contributed by atoms with Crippen LogP contribution < -0.4 is 5.32 Å². The molecule has 13 aliphatic rings. The summed E-state index contributed by atoms with van der Waals surface area (Å²) in [6, 6.07) is -1.38. The Balaban J connectivity index is 0.787. The van der Waals surface area contributed by atoms with Gasteiger partial charge >= 0.3 is 17.9 Å². The standard InChI is InChI=1S/C98H155NO45/c1-17-93(12,126)27-19-21-40(3)80(123)138-75-42(5)131-87(73(121)69(75)117)144-94(13,18-2)28-20-22-45(34-100)81(124)136-57-33-98(90(125)143-89-79(68(116)62(110)50(36-102)134-89)142-86-74(122)77(140-85-72(120)66(114)61(109)49(35-101)132-85)76(43(6)130-86)139-84-71(119)63(111)51(37-103)133-84)47(31-91(57,8)9)46-23-24-54-95(14)29-26-56(92(10,11)53(95)25-30-96(54,15)97(46,16)32-55(98)106)137-82-58(99-44(7)104)65(113)64(112)52(135-82)39-128-88-78(67(115)59(107)41(4)129-88)141-83-70(118)60(108)48(105)38-127-83/h17-18,21-23,41-43,47-79,82-89,100-103,105-122,126H,1-2,19-20,24-39H2,3-16H3,(H,99,104)/b40-21+,45-22+/t41-,42+,43+,47+,48-,49+,50-,51+,52-,53+,54-,55-,56+,57+,58-,59+,60+,61+,62-,63+,64-,65-,66-,67+,68+,69+,70-,71-,72+,73+,74-,75+,76+,77+,78-,79-,82+,83+,84+,85-,86+,87+,88-,89+,93-,94-,95+,96-,97-,98-/m1/s1. The number of allylic oxidation sites excluding steroid dienone is 4. The molecule has 144 heavy (non-hydrogen) atoms. The van der Waals surface area contributed by atoms with E-state index in [2.05, 4.69) is 52.2 Å². The van der Waals surface area contributed by atoms with Crippen molar-refractivity contribution in [2.75, 3.05) is 39.6 Å². The normalized spacial score (nSPS) is 47.9. The van der Waals surface area contributed by atoms with Crippen LogP contribution in [-0.2, 0) is 104 Å². The van der Waals surface area contributed by atoms with Crippen LogP contribution in [-0.4, -0.2) is 444 Å². The minimum Gasteiger partial charge on any atom is -0.458 e. The molecular formula is C98H155NO45. The van der Waals surface area contributed by atoms with Gasteiger partial charge in [-0.1, -0.05) is 84.4 Å². The van der Waals surface area contributed by atoms with E-state index >= 15 is 9.59 Å². The lowest BCUT2D eigenvalue weighted by atomic mass is 9.33. The molecule has 0 unspecified atom stereocenters. The number of hydrogen-bond donors (Lipinski definition) is 24. The molecule has 822 valence electrons. The highest BCUT2D eigenvalue weighted by Crippen LogP contribution is 2.76. The van der Waals surface area contributed by atoms with E-state index in [1.807, 2.05) is 6.92 Å². The summed E-state index contributed by atoms with van der Waals surface area (Å²) in [5, 5.41) is 262. The van der Waals surface area contributed by atoms with Crippen LogP contribution in [0.1, 0.15) is 174 Å². The van der Waals surface area contributed by atoms with Crippen LogP contribution >= 0.6 is 0 Å². The second-order valence-corrected chi connectivity index (χ2v) is 44.1. The van der Waals surface area contributed by atoms with Crippen molar-refractivity contribution in [3.8, 4) is 0 Å². The van der Waals surface area contributed by atoms with E-state index in [9.17, 15) is 127 Å². The molecule has 12 fully saturated rings. The number of aliphatic hydroxyl groups excluding tert-OH is 22. The van der Waals surface area contributed by atoms with Crippen LogP contribution in [0.2, 0.25) is 0 Å². The molecule has 0 spiro atoms. The van der Waals surface area contributed by atoms with Crippen molar-refractivity contribution < 1.29 is 222 Å². The number of nitrogens with one attached hydrogen (secondary N) is 1. The summed E-state index contributed by atoms with van der Waals surface area (Å²) in [5.74, 6) is -5.22. The summed E-state index contributed by atoms with van der Waals surface area (Å²) in [4.78, 5) is 58.3. The molecule has 4 saturated carbocycles. The summed E-state index contributed by atoms with van der Waals surface area (Å²) in [6.45, 7) is 27.0. The Morgan fingerprint density at radius 2 is 1.01 bits per heavy atom. The van der Waals surface area contributed by atoms with Crippen molar-refractivity contribution in [1.29, 1.82) is 0 Å². The van der Waals surface area contributed by atoms with Crippen molar-refractivity contribution in [2.45, 2.75) is 437 Å². The average molecular weight is 2070 g/mol. The topological polar surface area (TPSA) is 712 Å². The van der Waals surface area contributed by atoms with E-state index < -0.39 is 371 Å². The van der Waals surface area contributed by atoms with Crippen LogP contribution in [0.5, 0.6) is 0 Å². The van der Waals surface area contributed by atoms with Crippen LogP contribution in [0.15, 0.2) is 60.3 Å². The predicted molar refractivity (Wildman–Crippen MR) is 488 cm³/mol. The number of ether oxygens (including phenoxy) is 18. The van der Waals surface area contributed by atoms with E-state index in [4.69, 9.17) is 85.3 Å². The first-order chi connectivity index (χ1) is 67.4. The maximum absolute atomic E-state index is 16.9. The van der Waals surface area contributed by atoms with Crippen molar-refractivity contribution in [3.05, 3.63) is 60.3 Å². The fourth-order valence-corrected chi connectivity index (χ4v) is 24.6. The first-order valence-electron chi connectivity index (χ1n) is 49.8. The highest BCUT2D eigenvalue weighted by atomic mass is 16.8. The molecular weight excluding hydrogens is 1910 g/mol. The Morgan fingerprint density at radius 3 is 1.64 bits per heavy atom. The molecule has 24 N–H and O–H groups in total. The van der Waals surface area contributed by atoms with E-state index in [0.717, 1.165) is 5.57 Å². The molecule has 1 amide bonds. The third-order valence-corrected chi connectivity index (χ3v) is 33.9. The second kappa shape index (κ2) is 45.8. The Morgan fingerprint density at radius 1 is 0.486 bits per heavy atom. The minimum absolute atomic E-state index is 0.0300. The number of carbonyl (C=O) groups is 4. The van der Waals surface area contributed by atoms with E-state index in [0.29, 0.717) is 32.1 Å². The lowest BCUT2D eigenvalue weighted by Crippen LogP contribution is -2.70. The molecule has 0 aromatic carbocycles. The summed E-state index contributed by atoms with van der Waals surface area (Å²) < 4.78 is 111. The molecule has 13 rings (SSSR count). The first kappa shape index (κ1) is 116.